The minimum Gasteiger partial charge on any atom is -0.345 e. The summed E-state index contributed by atoms with van der Waals surface area (Å²) in [6.07, 6.45) is -3.51. The molecule has 1 aromatic heterocycles. The molecule has 0 saturated carbocycles. The Hall–Kier alpha value is -3.15. The summed E-state index contributed by atoms with van der Waals surface area (Å²) >= 11 is 0. The number of nitrogens with zero attached hydrogens (tertiary/aromatic N) is 2. The first kappa shape index (κ1) is 19.6. The van der Waals surface area contributed by atoms with Crippen molar-refractivity contribution in [2.45, 2.75) is 13.1 Å². The van der Waals surface area contributed by atoms with Crippen molar-refractivity contribution in [2.24, 2.45) is 0 Å². The first-order chi connectivity index (χ1) is 13.2. The zero-order chi connectivity index (χ0) is 20.5. The highest BCUT2D eigenvalue weighted by Crippen LogP contribution is 2.43. The van der Waals surface area contributed by atoms with E-state index in [0.29, 0.717) is 11.1 Å². The minimum absolute atomic E-state index is 0.0481. The van der Waals surface area contributed by atoms with E-state index in [1.54, 1.807) is 24.3 Å². The SMILES string of the molecule is Cc1ncc(-c2ccccc2-c2ccccc2)c(C(F)(F)F)c1C(=O)N(C)C. The average Bonchev–Trinajstić information content (AvgIpc) is 2.67. The fourth-order valence-corrected chi connectivity index (χ4v) is 3.18. The molecule has 0 radical (unpaired) electrons. The molecule has 0 aliphatic carbocycles. The molecule has 1 amide bonds. The molecule has 0 atom stereocenters. The third-order valence-corrected chi connectivity index (χ3v) is 4.47. The monoisotopic (exact) mass is 384 g/mol. The van der Waals surface area contributed by atoms with Gasteiger partial charge in [-0.05, 0) is 23.6 Å². The standard InChI is InChI=1S/C22H19F3N2O/c1-14-19(21(28)27(2)3)20(22(23,24)25)18(13-26-14)17-12-8-7-11-16(17)15-9-5-4-6-10-15/h4-13H,1-3H3. The van der Waals surface area contributed by atoms with E-state index in [4.69, 9.17) is 0 Å². The van der Waals surface area contributed by atoms with Crippen LogP contribution in [0.25, 0.3) is 22.3 Å². The van der Waals surface area contributed by atoms with Crippen molar-refractivity contribution in [3.8, 4) is 22.3 Å². The van der Waals surface area contributed by atoms with Crippen LogP contribution in [0, 0.1) is 6.92 Å². The molecule has 0 saturated heterocycles. The summed E-state index contributed by atoms with van der Waals surface area (Å²) in [5, 5.41) is 0. The third kappa shape index (κ3) is 3.63. The number of pyridine rings is 1. The second-order valence-electron chi connectivity index (χ2n) is 6.62. The number of halogens is 3. The number of amides is 1. The Morgan fingerprint density at radius 1 is 0.893 bits per heavy atom. The first-order valence-electron chi connectivity index (χ1n) is 8.65. The first-order valence-corrected chi connectivity index (χ1v) is 8.65. The van der Waals surface area contributed by atoms with E-state index in [9.17, 15) is 18.0 Å². The van der Waals surface area contributed by atoms with Crippen LogP contribution in [0.3, 0.4) is 0 Å². The third-order valence-electron chi connectivity index (χ3n) is 4.47. The van der Waals surface area contributed by atoms with Crippen molar-refractivity contribution in [3.63, 3.8) is 0 Å². The topological polar surface area (TPSA) is 33.2 Å². The van der Waals surface area contributed by atoms with Crippen molar-refractivity contribution in [1.29, 1.82) is 0 Å². The van der Waals surface area contributed by atoms with Gasteiger partial charge in [0.2, 0.25) is 0 Å². The zero-order valence-electron chi connectivity index (χ0n) is 15.7. The number of hydrogen-bond acceptors (Lipinski definition) is 2. The summed E-state index contributed by atoms with van der Waals surface area (Å²) in [6.45, 7) is 1.42. The van der Waals surface area contributed by atoms with Gasteiger partial charge in [-0.2, -0.15) is 13.2 Å². The van der Waals surface area contributed by atoms with Crippen molar-refractivity contribution >= 4 is 5.91 Å². The number of aromatic nitrogens is 1. The fourth-order valence-electron chi connectivity index (χ4n) is 3.18. The molecule has 3 rings (SSSR count). The van der Waals surface area contributed by atoms with E-state index in [1.165, 1.54) is 27.2 Å². The van der Waals surface area contributed by atoms with Crippen LogP contribution < -0.4 is 0 Å². The lowest BCUT2D eigenvalue weighted by atomic mass is 9.90. The Balaban J connectivity index is 2.37. The Bertz CT molecular complexity index is 1010. The molecule has 1 heterocycles. The highest BCUT2D eigenvalue weighted by molar-refractivity contribution is 5.99. The summed E-state index contributed by atoms with van der Waals surface area (Å²) in [5.41, 5.74) is 0.366. The van der Waals surface area contributed by atoms with Gasteiger partial charge in [0.25, 0.3) is 5.91 Å². The van der Waals surface area contributed by atoms with Gasteiger partial charge in [0.15, 0.2) is 0 Å². The van der Waals surface area contributed by atoms with Gasteiger partial charge in [0.1, 0.15) is 0 Å². The summed E-state index contributed by atoms with van der Waals surface area (Å²) < 4.78 is 42.4. The molecule has 3 nitrogen and oxygen atoms in total. The molecule has 3 aromatic rings. The molecule has 144 valence electrons. The molecule has 6 heteroatoms. The van der Waals surface area contributed by atoms with E-state index in [-0.39, 0.29) is 11.3 Å². The highest BCUT2D eigenvalue weighted by atomic mass is 19.4. The highest BCUT2D eigenvalue weighted by Gasteiger charge is 2.40. The number of benzene rings is 2. The van der Waals surface area contributed by atoms with Gasteiger partial charge in [0, 0.05) is 25.9 Å². The molecule has 0 unspecified atom stereocenters. The van der Waals surface area contributed by atoms with Crippen LogP contribution in [-0.4, -0.2) is 29.9 Å². The van der Waals surface area contributed by atoms with Crippen LogP contribution in [0.5, 0.6) is 0 Å². The van der Waals surface area contributed by atoms with Gasteiger partial charge in [-0.25, -0.2) is 0 Å². The Morgan fingerprint density at radius 3 is 2.04 bits per heavy atom. The molecular weight excluding hydrogens is 365 g/mol. The number of carbonyl (C=O) groups is 1. The smallest absolute Gasteiger partial charge is 0.345 e. The van der Waals surface area contributed by atoms with Gasteiger partial charge >= 0.3 is 6.18 Å². The molecule has 0 aliphatic rings. The molecule has 0 bridgehead atoms. The quantitative estimate of drug-likeness (QED) is 0.602. The second-order valence-corrected chi connectivity index (χ2v) is 6.62. The van der Waals surface area contributed by atoms with Gasteiger partial charge in [-0.3, -0.25) is 9.78 Å². The van der Waals surface area contributed by atoms with Crippen LogP contribution in [-0.2, 0) is 6.18 Å². The number of hydrogen-bond donors (Lipinski definition) is 0. The largest absolute Gasteiger partial charge is 0.417 e. The maximum absolute atomic E-state index is 14.1. The number of alkyl halides is 3. The van der Waals surface area contributed by atoms with Crippen LogP contribution in [0.4, 0.5) is 13.2 Å². The fraction of sp³-hybridized carbons (Fsp3) is 0.182. The zero-order valence-corrected chi connectivity index (χ0v) is 15.7. The van der Waals surface area contributed by atoms with E-state index < -0.39 is 23.2 Å². The number of aryl methyl sites for hydroxylation is 1. The van der Waals surface area contributed by atoms with Crippen LogP contribution in [0.15, 0.2) is 60.8 Å². The Morgan fingerprint density at radius 2 is 1.46 bits per heavy atom. The molecule has 0 spiro atoms. The minimum atomic E-state index is -4.71. The molecule has 2 aromatic carbocycles. The van der Waals surface area contributed by atoms with Crippen molar-refractivity contribution < 1.29 is 18.0 Å². The Labute approximate surface area is 161 Å². The molecule has 28 heavy (non-hydrogen) atoms. The van der Waals surface area contributed by atoms with E-state index in [1.807, 2.05) is 30.3 Å². The maximum Gasteiger partial charge on any atom is 0.417 e. The van der Waals surface area contributed by atoms with Gasteiger partial charge in [-0.1, -0.05) is 54.6 Å². The normalized spacial score (nSPS) is 11.4. The lowest BCUT2D eigenvalue weighted by Crippen LogP contribution is -2.27. The summed E-state index contributed by atoms with van der Waals surface area (Å²) in [4.78, 5) is 17.8. The average molecular weight is 384 g/mol. The second kappa shape index (κ2) is 7.46. The summed E-state index contributed by atoms with van der Waals surface area (Å²) in [5.74, 6) is -0.726. The van der Waals surface area contributed by atoms with Crippen LogP contribution in [0.1, 0.15) is 21.6 Å². The number of carbonyl (C=O) groups excluding carboxylic acids is 1. The van der Waals surface area contributed by atoms with Crippen LogP contribution in [0.2, 0.25) is 0 Å². The van der Waals surface area contributed by atoms with Crippen molar-refractivity contribution in [1.82, 2.24) is 9.88 Å². The van der Waals surface area contributed by atoms with E-state index in [0.717, 1.165) is 10.5 Å². The lowest BCUT2D eigenvalue weighted by molar-refractivity contribution is -0.137. The van der Waals surface area contributed by atoms with Crippen molar-refractivity contribution in [2.75, 3.05) is 14.1 Å². The molecule has 0 aliphatic heterocycles. The predicted octanol–water partition coefficient (Wildman–Crippen LogP) is 5.44. The molecular formula is C22H19F3N2O. The van der Waals surface area contributed by atoms with Gasteiger partial charge < -0.3 is 4.90 Å². The Kier molecular flexibility index (Phi) is 5.23. The van der Waals surface area contributed by atoms with E-state index in [2.05, 4.69) is 4.98 Å². The van der Waals surface area contributed by atoms with Crippen molar-refractivity contribution in [3.05, 3.63) is 77.6 Å². The van der Waals surface area contributed by atoms with Gasteiger partial charge in [0.05, 0.1) is 16.8 Å². The van der Waals surface area contributed by atoms with Crippen LogP contribution >= 0.6 is 0 Å². The number of rotatable bonds is 3. The predicted molar refractivity (Wildman–Crippen MR) is 103 cm³/mol. The lowest BCUT2D eigenvalue weighted by Gasteiger charge is -2.22. The van der Waals surface area contributed by atoms with Gasteiger partial charge in [-0.15, -0.1) is 0 Å². The summed E-state index contributed by atoms with van der Waals surface area (Å²) in [6, 6.07) is 16.0. The summed E-state index contributed by atoms with van der Waals surface area (Å²) in [7, 11) is 2.85. The maximum atomic E-state index is 14.1. The molecule has 0 fully saturated rings. The van der Waals surface area contributed by atoms with E-state index >= 15 is 0 Å². The molecule has 0 N–H and O–H groups in total.